The number of nitrogens with one attached hydrogen (secondary N) is 1. The molecule has 0 radical (unpaired) electrons. The molecule has 1 aromatic carbocycles. The average molecular weight is 299 g/mol. The Labute approximate surface area is 126 Å². The predicted molar refractivity (Wildman–Crippen MR) is 82.7 cm³/mol. The summed E-state index contributed by atoms with van der Waals surface area (Å²) >= 11 is 6.36. The minimum absolute atomic E-state index is 0.455. The number of hydrogen-bond donors (Lipinski definition) is 1. The van der Waals surface area contributed by atoms with E-state index in [1.54, 1.807) is 7.11 Å². The molecule has 1 saturated heterocycles. The zero-order valence-corrected chi connectivity index (χ0v) is 12.9. The fourth-order valence-corrected chi connectivity index (χ4v) is 2.58. The van der Waals surface area contributed by atoms with Crippen molar-refractivity contribution >= 4 is 17.3 Å². The number of likely N-dealkylation sites (N-methyl/N-ethyl adjacent to an activating group) is 1. The number of anilines is 1. The van der Waals surface area contributed by atoms with E-state index in [2.05, 4.69) is 29.4 Å². The molecule has 1 atom stereocenters. The van der Waals surface area contributed by atoms with Crippen LogP contribution in [0.25, 0.3) is 0 Å². The van der Waals surface area contributed by atoms with Crippen molar-refractivity contribution in [1.29, 1.82) is 0 Å². The fraction of sp³-hybridized carbons (Fsp3) is 0.600. The van der Waals surface area contributed by atoms with Gasteiger partial charge in [-0.25, -0.2) is 0 Å². The zero-order valence-electron chi connectivity index (χ0n) is 12.2. The highest BCUT2D eigenvalue weighted by Gasteiger charge is 2.20. The summed E-state index contributed by atoms with van der Waals surface area (Å²) in [6, 6.07) is 6.70. The summed E-state index contributed by atoms with van der Waals surface area (Å²) in [5.41, 5.74) is 2.26. The van der Waals surface area contributed by atoms with Crippen LogP contribution in [0.2, 0.25) is 5.02 Å². The Morgan fingerprint density at radius 3 is 3.00 bits per heavy atom. The molecular weight excluding hydrogens is 276 g/mol. The van der Waals surface area contributed by atoms with Gasteiger partial charge in [0, 0.05) is 44.6 Å². The minimum Gasteiger partial charge on any atom is -0.383 e. The lowest BCUT2D eigenvalue weighted by atomic mass is 10.1. The molecule has 0 spiro atoms. The Morgan fingerprint density at radius 2 is 2.35 bits per heavy atom. The van der Waals surface area contributed by atoms with Crippen LogP contribution in [0.1, 0.15) is 12.0 Å². The lowest BCUT2D eigenvalue weighted by Crippen LogP contribution is -2.31. The van der Waals surface area contributed by atoms with E-state index in [9.17, 15) is 0 Å². The van der Waals surface area contributed by atoms with Crippen LogP contribution >= 0.6 is 11.6 Å². The van der Waals surface area contributed by atoms with E-state index in [0.717, 1.165) is 49.0 Å². The summed E-state index contributed by atoms with van der Waals surface area (Å²) in [7, 11) is 3.80. The number of nitrogens with zero attached hydrogens (tertiary/aromatic N) is 1. The van der Waals surface area contributed by atoms with Gasteiger partial charge < -0.3 is 19.7 Å². The maximum Gasteiger partial charge on any atom is 0.0670 e. The van der Waals surface area contributed by atoms with E-state index >= 15 is 0 Å². The van der Waals surface area contributed by atoms with Crippen molar-refractivity contribution in [3.8, 4) is 0 Å². The lowest BCUT2D eigenvalue weighted by Gasteiger charge is -2.26. The van der Waals surface area contributed by atoms with Crippen molar-refractivity contribution in [2.45, 2.75) is 19.0 Å². The first kappa shape index (κ1) is 15.6. The number of methoxy groups -OCH3 is 1. The van der Waals surface area contributed by atoms with Gasteiger partial charge in [-0.05, 0) is 24.1 Å². The van der Waals surface area contributed by atoms with E-state index in [1.807, 2.05) is 6.07 Å². The Balaban J connectivity index is 1.94. The number of benzene rings is 1. The van der Waals surface area contributed by atoms with Crippen molar-refractivity contribution < 1.29 is 9.47 Å². The van der Waals surface area contributed by atoms with Gasteiger partial charge in [-0.3, -0.25) is 0 Å². The van der Waals surface area contributed by atoms with Gasteiger partial charge in [-0.15, -0.1) is 0 Å². The van der Waals surface area contributed by atoms with Gasteiger partial charge in [0.25, 0.3) is 0 Å². The normalized spacial score (nSPS) is 18.4. The smallest absolute Gasteiger partial charge is 0.0670 e. The molecule has 1 aliphatic rings. The highest BCUT2D eigenvalue weighted by molar-refractivity contribution is 6.31. The summed E-state index contributed by atoms with van der Waals surface area (Å²) < 4.78 is 10.4. The monoisotopic (exact) mass is 298 g/mol. The van der Waals surface area contributed by atoms with Gasteiger partial charge in [-0.2, -0.15) is 0 Å². The molecule has 1 aliphatic heterocycles. The Hall–Kier alpha value is -0.810. The summed E-state index contributed by atoms with van der Waals surface area (Å²) in [5.74, 6) is 0. The molecule has 0 bridgehead atoms. The Bertz CT molecular complexity index is 422. The molecule has 20 heavy (non-hydrogen) atoms. The molecule has 1 heterocycles. The summed E-state index contributed by atoms with van der Waals surface area (Å²) in [6.45, 7) is 3.95. The molecule has 1 N–H and O–H groups in total. The van der Waals surface area contributed by atoms with E-state index in [-0.39, 0.29) is 0 Å². The number of rotatable bonds is 7. The Morgan fingerprint density at radius 1 is 1.50 bits per heavy atom. The van der Waals surface area contributed by atoms with E-state index < -0.39 is 0 Å². The van der Waals surface area contributed by atoms with Crippen molar-refractivity contribution in [2.24, 2.45) is 0 Å². The Kier molecular flexibility index (Phi) is 6.10. The van der Waals surface area contributed by atoms with Crippen molar-refractivity contribution in [3.63, 3.8) is 0 Å². The maximum absolute atomic E-state index is 6.36. The van der Waals surface area contributed by atoms with Gasteiger partial charge in [-0.1, -0.05) is 17.7 Å². The molecule has 5 heteroatoms. The predicted octanol–water partition coefficient (Wildman–Crippen LogP) is 2.30. The maximum atomic E-state index is 6.36. The molecule has 1 aromatic rings. The first-order valence-corrected chi connectivity index (χ1v) is 7.39. The van der Waals surface area contributed by atoms with Gasteiger partial charge in [0.05, 0.1) is 19.3 Å². The van der Waals surface area contributed by atoms with Crippen LogP contribution in [0.4, 0.5) is 5.69 Å². The van der Waals surface area contributed by atoms with Crippen LogP contribution in [-0.4, -0.2) is 46.6 Å². The van der Waals surface area contributed by atoms with Crippen molar-refractivity contribution in [2.75, 3.05) is 45.4 Å². The first-order valence-electron chi connectivity index (χ1n) is 7.01. The van der Waals surface area contributed by atoms with Crippen molar-refractivity contribution in [3.05, 3.63) is 28.8 Å². The molecule has 112 valence electrons. The number of hydrogen-bond acceptors (Lipinski definition) is 4. The second-order valence-corrected chi connectivity index (χ2v) is 5.48. The van der Waals surface area contributed by atoms with Crippen LogP contribution in [0.3, 0.4) is 0 Å². The van der Waals surface area contributed by atoms with Crippen LogP contribution in [0.5, 0.6) is 0 Å². The summed E-state index contributed by atoms with van der Waals surface area (Å²) in [5, 5.41) is 4.11. The largest absolute Gasteiger partial charge is 0.383 e. The summed E-state index contributed by atoms with van der Waals surface area (Å²) in [4.78, 5) is 2.25. The third-order valence-corrected chi connectivity index (χ3v) is 4.05. The van der Waals surface area contributed by atoms with Gasteiger partial charge >= 0.3 is 0 Å². The molecular formula is C15H23ClN2O2. The SMILES string of the molecule is COCCNCc1ccc(N(C)C2CCOC2)cc1Cl. The molecule has 0 saturated carbocycles. The van der Waals surface area contributed by atoms with Crippen LogP contribution in [0.15, 0.2) is 18.2 Å². The van der Waals surface area contributed by atoms with Crippen molar-refractivity contribution in [1.82, 2.24) is 5.32 Å². The number of ether oxygens (including phenoxy) is 2. The fourth-order valence-electron chi connectivity index (χ4n) is 2.33. The quantitative estimate of drug-likeness (QED) is 0.783. The van der Waals surface area contributed by atoms with Crippen LogP contribution in [-0.2, 0) is 16.0 Å². The van der Waals surface area contributed by atoms with E-state index in [4.69, 9.17) is 21.1 Å². The molecule has 2 rings (SSSR count). The summed E-state index contributed by atoms with van der Waals surface area (Å²) in [6.07, 6.45) is 1.08. The van der Waals surface area contributed by atoms with Crippen LogP contribution < -0.4 is 10.2 Å². The highest BCUT2D eigenvalue weighted by Crippen LogP contribution is 2.26. The highest BCUT2D eigenvalue weighted by atomic mass is 35.5. The third-order valence-electron chi connectivity index (χ3n) is 3.70. The van der Waals surface area contributed by atoms with Gasteiger partial charge in [0.15, 0.2) is 0 Å². The van der Waals surface area contributed by atoms with Crippen LogP contribution in [0, 0.1) is 0 Å². The lowest BCUT2D eigenvalue weighted by molar-refractivity contribution is 0.193. The molecule has 1 unspecified atom stereocenters. The van der Waals surface area contributed by atoms with Gasteiger partial charge in [0.1, 0.15) is 0 Å². The molecule has 4 nitrogen and oxygen atoms in total. The molecule has 0 amide bonds. The first-order chi connectivity index (χ1) is 9.72. The molecule has 0 aromatic heterocycles. The molecule has 1 fully saturated rings. The topological polar surface area (TPSA) is 33.7 Å². The number of halogens is 1. The second-order valence-electron chi connectivity index (χ2n) is 5.07. The van der Waals surface area contributed by atoms with Gasteiger partial charge in [0.2, 0.25) is 0 Å². The zero-order chi connectivity index (χ0) is 14.4. The van der Waals surface area contributed by atoms with E-state index in [1.165, 1.54) is 0 Å². The minimum atomic E-state index is 0.455. The third kappa shape index (κ3) is 4.09. The van der Waals surface area contributed by atoms with E-state index in [0.29, 0.717) is 12.6 Å². The second kappa shape index (κ2) is 7.84. The molecule has 0 aliphatic carbocycles. The standard InChI is InChI=1S/C15H23ClN2O2/c1-18(14-5-7-20-11-14)13-4-3-12(15(16)9-13)10-17-6-8-19-2/h3-4,9,14,17H,5-8,10-11H2,1-2H3. The average Bonchev–Trinajstić information content (AvgIpc) is 2.98.